The lowest BCUT2D eigenvalue weighted by molar-refractivity contribution is 0.0991. The Labute approximate surface area is 129 Å². The Bertz CT molecular complexity index is 728. The summed E-state index contributed by atoms with van der Waals surface area (Å²) in [6, 6.07) is 2.61. The van der Waals surface area contributed by atoms with E-state index in [4.69, 9.17) is 15.2 Å². The molecule has 8 nitrogen and oxygen atoms in total. The number of benzene rings is 1. The van der Waals surface area contributed by atoms with Crippen LogP contribution in [0.3, 0.4) is 0 Å². The van der Waals surface area contributed by atoms with Gasteiger partial charge in [-0.2, -0.15) is 0 Å². The summed E-state index contributed by atoms with van der Waals surface area (Å²) >= 11 is 1.04. The third-order valence-electron chi connectivity index (χ3n) is 2.72. The molecule has 0 atom stereocenters. The molecule has 1 aromatic carbocycles. The molecule has 1 heterocycles. The predicted molar refractivity (Wildman–Crippen MR) is 79.8 cm³/mol. The van der Waals surface area contributed by atoms with Crippen LogP contribution in [0.1, 0.15) is 20.8 Å². The molecule has 1 aromatic heterocycles. The van der Waals surface area contributed by atoms with Gasteiger partial charge >= 0.3 is 0 Å². The SMILES string of the molecule is COc1cc(O)c(C(=O)Nc2nc(C(N)=O)cs2)cc1OC. The van der Waals surface area contributed by atoms with E-state index in [1.807, 2.05) is 0 Å². The summed E-state index contributed by atoms with van der Waals surface area (Å²) in [5.74, 6) is -0.986. The van der Waals surface area contributed by atoms with Crippen LogP contribution in [0.5, 0.6) is 17.2 Å². The molecular formula is C13H13N3O5S. The summed E-state index contributed by atoms with van der Waals surface area (Å²) in [4.78, 5) is 27.0. The van der Waals surface area contributed by atoms with Gasteiger partial charge in [-0.1, -0.05) is 0 Å². The van der Waals surface area contributed by atoms with Gasteiger partial charge in [0.2, 0.25) is 0 Å². The third-order valence-corrected chi connectivity index (χ3v) is 3.48. The van der Waals surface area contributed by atoms with Crippen molar-refractivity contribution in [3.05, 3.63) is 28.8 Å². The number of ether oxygens (including phenoxy) is 2. The standard InChI is InChI=1S/C13H13N3O5S/c1-20-9-3-6(8(17)4-10(9)21-2)12(19)16-13-15-7(5-22-13)11(14)18/h3-5,17H,1-2H3,(H2,14,18)(H,15,16,19). The predicted octanol–water partition coefficient (Wildman–Crippen LogP) is 1.22. The summed E-state index contributed by atoms with van der Waals surface area (Å²) in [6.07, 6.45) is 0. The van der Waals surface area contributed by atoms with Gasteiger partial charge < -0.3 is 20.3 Å². The van der Waals surface area contributed by atoms with Crippen LogP contribution in [-0.4, -0.2) is 36.1 Å². The van der Waals surface area contributed by atoms with Crippen molar-refractivity contribution in [2.24, 2.45) is 5.73 Å². The summed E-state index contributed by atoms with van der Waals surface area (Å²) in [5.41, 5.74) is 5.12. The highest BCUT2D eigenvalue weighted by Crippen LogP contribution is 2.34. The number of phenolic OH excluding ortho intramolecular Hbond substituents is 1. The van der Waals surface area contributed by atoms with E-state index in [1.54, 1.807) is 0 Å². The average Bonchev–Trinajstić information content (AvgIpc) is 2.95. The maximum atomic E-state index is 12.2. The Morgan fingerprint density at radius 3 is 2.45 bits per heavy atom. The van der Waals surface area contributed by atoms with E-state index in [2.05, 4.69) is 10.3 Å². The molecule has 0 unspecified atom stereocenters. The first-order valence-electron chi connectivity index (χ1n) is 5.98. The van der Waals surface area contributed by atoms with Crippen LogP contribution in [0.4, 0.5) is 5.13 Å². The lowest BCUT2D eigenvalue weighted by Crippen LogP contribution is -2.14. The number of aromatic nitrogens is 1. The molecule has 4 N–H and O–H groups in total. The number of methoxy groups -OCH3 is 2. The van der Waals surface area contributed by atoms with Gasteiger partial charge in [0, 0.05) is 17.5 Å². The van der Waals surface area contributed by atoms with Crippen LogP contribution in [0.25, 0.3) is 0 Å². The van der Waals surface area contributed by atoms with Crippen LogP contribution >= 0.6 is 11.3 Å². The highest BCUT2D eigenvalue weighted by atomic mass is 32.1. The number of carbonyl (C=O) groups excluding carboxylic acids is 2. The van der Waals surface area contributed by atoms with E-state index < -0.39 is 11.8 Å². The fraction of sp³-hybridized carbons (Fsp3) is 0.154. The molecule has 2 aromatic rings. The van der Waals surface area contributed by atoms with Gasteiger partial charge in [0.15, 0.2) is 16.6 Å². The lowest BCUT2D eigenvalue weighted by Gasteiger charge is -2.11. The van der Waals surface area contributed by atoms with Gasteiger partial charge in [0.1, 0.15) is 11.4 Å². The van der Waals surface area contributed by atoms with E-state index in [1.165, 1.54) is 31.7 Å². The highest BCUT2D eigenvalue weighted by molar-refractivity contribution is 7.14. The Hall–Kier alpha value is -2.81. The number of nitrogens with one attached hydrogen (secondary N) is 1. The van der Waals surface area contributed by atoms with Crippen LogP contribution in [0.2, 0.25) is 0 Å². The minimum atomic E-state index is -0.689. The third kappa shape index (κ3) is 3.09. The Morgan fingerprint density at radius 1 is 1.27 bits per heavy atom. The molecule has 0 spiro atoms. The molecule has 116 valence electrons. The molecule has 22 heavy (non-hydrogen) atoms. The van der Waals surface area contributed by atoms with Crippen LogP contribution < -0.4 is 20.5 Å². The number of aromatic hydroxyl groups is 1. The molecule has 0 aliphatic carbocycles. The monoisotopic (exact) mass is 323 g/mol. The summed E-state index contributed by atoms with van der Waals surface area (Å²) in [6.45, 7) is 0. The minimum Gasteiger partial charge on any atom is -0.507 e. The second-order valence-electron chi connectivity index (χ2n) is 4.08. The van der Waals surface area contributed by atoms with Crippen molar-refractivity contribution in [1.29, 1.82) is 0 Å². The first kappa shape index (κ1) is 15.6. The Kier molecular flexibility index (Phi) is 4.47. The summed E-state index contributed by atoms with van der Waals surface area (Å²) in [5, 5.41) is 14.0. The number of rotatable bonds is 5. The number of hydrogen-bond acceptors (Lipinski definition) is 7. The van der Waals surface area contributed by atoms with Crippen LogP contribution in [-0.2, 0) is 0 Å². The first-order valence-corrected chi connectivity index (χ1v) is 6.86. The quantitative estimate of drug-likeness (QED) is 0.760. The van der Waals surface area contributed by atoms with E-state index in [-0.39, 0.29) is 22.1 Å². The first-order chi connectivity index (χ1) is 10.5. The molecule has 2 amide bonds. The van der Waals surface area contributed by atoms with Gasteiger partial charge in [-0.25, -0.2) is 4.98 Å². The molecule has 0 bridgehead atoms. The molecule has 0 aliphatic rings. The van der Waals surface area contributed by atoms with E-state index in [0.717, 1.165) is 11.3 Å². The second-order valence-corrected chi connectivity index (χ2v) is 4.94. The molecule has 0 aliphatic heterocycles. The maximum absolute atomic E-state index is 12.2. The number of phenols is 1. The number of anilines is 1. The van der Waals surface area contributed by atoms with E-state index >= 15 is 0 Å². The molecule has 0 saturated heterocycles. The zero-order valence-electron chi connectivity index (χ0n) is 11.7. The van der Waals surface area contributed by atoms with Gasteiger partial charge in [-0.3, -0.25) is 14.9 Å². The zero-order chi connectivity index (χ0) is 16.3. The van der Waals surface area contributed by atoms with Gasteiger partial charge in [0.05, 0.1) is 19.8 Å². The normalized spacial score (nSPS) is 10.1. The summed E-state index contributed by atoms with van der Waals surface area (Å²) < 4.78 is 10.1. The number of hydrogen-bond donors (Lipinski definition) is 3. The van der Waals surface area contributed by atoms with Crippen molar-refractivity contribution in [3.8, 4) is 17.2 Å². The number of primary amides is 1. The number of carbonyl (C=O) groups is 2. The van der Waals surface area contributed by atoms with Crippen molar-refractivity contribution in [2.75, 3.05) is 19.5 Å². The van der Waals surface area contributed by atoms with E-state index in [9.17, 15) is 14.7 Å². The lowest BCUT2D eigenvalue weighted by atomic mass is 10.1. The van der Waals surface area contributed by atoms with Gasteiger partial charge in [-0.05, 0) is 0 Å². The van der Waals surface area contributed by atoms with Crippen molar-refractivity contribution >= 4 is 28.3 Å². The molecule has 0 radical (unpaired) electrons. The molecule has 9 heteroatoms. The van der Waals surface area contributed by atoms with Gasteiger partial charge in [-0.15, -0.1) is 11.3 Å². The Morgan fingerprint density at radius 2 is 1.91 bits per heavy atom. The fourth-order valence-electron chi connectivity index (χ4n) is 1.66. The number of nitrogens with zero attached hydrogens (tertiary/aromatic N) is 1. The average molecular weight is 323 g/mol. The van der Waals surface area contributed by atoms with Crippen molar-refractivity contribution in [2.45, 2.75) is 0 Å². The van der Waals surface area contributed by atoms with Crippen molar-refractivity contribution in [1.82, 2.24) is 4.98 Å². The molecular weight excluding hydrogens is 310 g/mol. The van der Waals surface area contributed by atoms with Crippen molar-refractivity contribution in [3.63, 3.8) is 0 Å². The smallest absolute Gasteiger partial charge is 0.268 e. The molecule has 0 saturated carbocycles. The largest absolute Gasteiger partial charge is 0.507 e. The highest BCUT2D eigenvalue weighted by Gasteiger charge is 2.18. The van der Waals surface area contributed by atoms with Crippen LogP contribution in [0.15, 0.2) is 17.5 Å². The number of amides is 2. The molecule has 2 rings (SSSR count). The maximum Gasteiger partial charge on any atom is 0.268 e. The van der Waals surface area contributed by atoms with Crippen molar-refractivity contribution < 1.29 is 24.2 Å². The number of thiazole rings is 1. The molecule has 0 fully saturated rings. The fourth-order valence-corrected chi connectivity index (χ4v) is 2.35. The Balaban J connectivity index is 2.26. The number of nitrogens with two attached hydrogens (primary N) is 1. The minimum absolute atomic E-state index is 0.0199. The summed E-state index contributed by atoms with van der Waals surface area (Å²) in [7, 11) is 2.83. The van der Waals surface area contributed by atoms with E-state index in [0.29, 0.717) is 11.5 Å². The topological polar surface area (TPSA) is 124 Å². The van der Waals surface area contributed by atoms with Gasteiger partial charge in [0.25, 0.3) is 11.8 Å². The second kappa shape index (κ2) is 6.31. The zero-order valence-corrected chi connectivity index (χ0v) is 12.6. The van der Waals surface area contributed by atoms with Crippen LogP contribution in [0, 0.1) is 0 Å².